The van der Waals surface area contributed by atoms with Crippen LogP contribution in [-0.2, 0) is 0 Å². The van der Waals surface area contributed by atoms with Gasteiger partial charge in [0.15, 0.2) is 11.5 Å². The third-order valence-electron chi connectivity index (χ3n) is 2.88. The second kappa shape index (κ2) is 2.56. The summed E-state index contributed by atoms with van der Waals surface area (Å²) in [5, 5.41) is 9.29. The fraction of sp³-hybridized carbons (Fsp3) is 0.455. The highest BCUT2D eigenvalue weighted by molar-refractivity contribution is 5.47. The molecule has 0 amide bonds. The molecule has 3 heteroatoms. The molecule has 74 valence electrons. The highest BCUT2D eigenvalue weighted by Gasteiger charge is 2.43. The van der Waals surface area contributed by atoms with Crippen LogP contribution in [0.5, 0.6) is 17.2 Å². The molecule has 0 atom stereocenters. The van der Waals surface area contributed by atoms with Gasteiger partial charge in [-0.3, -0.25) is 0 Å². The molecule has 1 spiro atoms. The zero-order valence-electron chi connectivity index (χ0n) is 7.82. The van der Waals surface area contributed by atoms with Gasteiger partial charge in [-0.05, 0) is 25.0 Å². The fourth-order valence-corrected chi connectivity index (χ4v) is 2.20. The van der Waals surface area contributed by atoms with Gasteiger partial charge in [-0.25, -0.2) is 0 Å². The Morgan fingerprint density at radius 2 is 1.79 bits per heavy atom. The summed E-state index contributed by atoms with van der Waals surface area (Å²) in [7, 11) is 0. The molecule has 0 radical (unpaired) electrons. The molecule has 1 N–H and O–H groups in total. The van der Waals surface area contributed by atoms with Crippen LogP contribution in [0.1, 0.15) is 25.7 Å². The van der Waals surface area contributed by atoms with Crippen molar-refractivity contribution in [3.05, 3.63) is 18.2 Å². The Morgan fingerprint density at radius 1 is 1.07 bits per heavy atom. The van der Waals surface area contributed by atoms with Crippen LogP contribution in [0.15, 0.2) is 18.2 Å². The van der Waals surface area contributed by atoms with Crippen molar-refractivity contribution in [2.24, 2.45) is 0 Å². The Balaban J connectivity index is 1.96. The van der Waals surface area contributed by atoms with Crippen LogP contribution >= 0.6 is 0 Å². The van der Waals surface area contributed by atoms with Crippen molar-refractivity contribution in [3.63, 3.8) is 0 Å². The smallest absolute Gasteiger partial charge is 0.251 e. The van der Waals surface area contributed by atoms with Crippen LogP contribution in [0.25, 0.3) is 0 Å². The van der Waals surface area contributed by atoms with Crippen molar-refractivity contribution in [2.45, 2.75) is 31.5 Å². The highest BCUT2D eigenvalue weighted by atomic mass is 16.7. The lowest BCUT2D eigenvalue weighted by Gasteiger charge is -2.21. The van der Waals surface area contributed by atoms with Crippen LogP contribution in [-0.4, -0.2) is 10.9 Å². The number of phenols is 1. The summed E-state index contributed by atoms with van der Waals surface area (Å²) in [5.41, 5.74) is 0. The number of phenolic OH excluding ortho intramolecular Hbond substituents is 1. The molecule has 0 bridgehead atoms. The molecule has 0 aromatic heterocycles. The Kier molecular flexibility index (Phi) is 1.46. The van der Waals surface area contributed by atoms with E-state index < -0.39 is 5.79 Å². The van der Waals surface area contributed by atoms with Crippen molar-refractivity contribution in [3.8, 4) is 17.2 Å². The van der Waals surface area contributed by atoms with Gasteiger partial charge >= 0.3 is 0 Å². The number of rotatable bonds is 0. The SMILES string of the molecule is Oc1ccc2c(c1)OC1(CCCC1)O2. The third kappa shape index (κ3) is 1.05. The van der Waals surface area contributed by atoms with Gasteiger partial charge in [-0.15, -0.1) is 0 Å². The largest absolute Gasteiger partial charge is 0.508 e. The molecule has 14 heavy (non-hydrogen) atoms. The molecule has 1 aliphatic carbocycles. The summed E-state index contributed by atoms with van der Waals surface area (Å²) in [5.74, 6) is 1.23. The molecule has 1 aromatic carbocycles. The molecule has 3 nitrogen and oxygen atoms in total. The van der Waals surface area contributed by atoms with E-state index in [4.69, 9.17) is 9.47 Å². The van der Waals surface area contributed by atoms with Gasteiger partial charge in [-0.2, -0.15) is 0 Å². The summed E-state index contributed by atoms with van der Waals surface area (Å²) in [6, 6.07) is 5.00. The van der Waals surface area contributed by atoms with Gasteiger partial charge in [0.1, 0.15) is 5.75 Å². The average molecular weight is 192 g/mol. The lowest BCUT2D eigenvalue weighted by molar-refractivity contribution is -0.0716. The van der Waals surface area contributed by atoms with Crippen LogP contribution in [0.3, 0.4) is 0 Å². The Morgan fingerprint density at radius 3 is 2.57 bits per heavy atom. The maximum absolute atomic E-state index is 9.29. The van der Waals surface area contributed by atoms with E-state index in [9.17, 15) is 5.11 Å². The minimum atomic E-state index is -0.421. The summed E-state index contributed by atoms with van der Waals surface area (Å²) in [6.07, 6.45) is 4.20. The minimum absolute atomic E-state index is 0.224. The zero-order valence-corrected chi connectivity index (χ0v) is 7.82. The summed E-state index contributed by atoms with van der Waals surface area (Å²) in [6.45, 7) is 0. The van der Waals surface area contributed by atoms with Crippen molar-refractivity contribution in [1.82, 2.24) is 0 Å². The molecule has 0 saturated heterocycles. The molecule has 1 fully saturated rings. The molecular formula is C11H12O3. The first-order valence-corrected chi connectivity index (χ1v) is 4.99. The molecule has 1 aromatic rings. The monoisotopic (exact) mass is 192 g/mol. The topological polar surface area (TPSA) is 38.7 Å². The molecule has 1 saturated carbocycles. The average Bonchev–Trinajstić information content (AvgIpc) is 2.72. The van der Waals surface area contributed by atoms with Gasteiger partial charge in [-0.1, -0.05) is 0 Å². The van der Waals surface area contributed by atoms with E-state index in [-0.39, 0.29) is 5.75 Å². The molecule has 1 aliphatic heterocycles. The first-order valence-electron chi connectivity index (χ1n) is 4.99. The lowest BCUT2D eigenvalue weighted by Crippen LogP contribution is -2.34. The molecule has 2 aliphatic rings. The van der Waals surface area contributed by atoms with E-state index in [0.717, 1.165) is 31.4 Å². The van der Waals surface area contributed by atoms with Crippen LogP contribution in [0.4, 0.5) is 0 Å². The molecule has 1 heterocycles. The molecule has 3 rings (SSSR count). The van der Waals surface area contributed by atoms with Gasteiger partial charge in [0.05, 0.1) is 0 Å². The van der Waals surface area contributed by atoms with Gasteiger partial charge in [0.25, 0.3) is 5.79 Å². The van der Waals surface area contributed by atoms with Gasteiger partial charge in [0, 0.05) is 18.9 Å². The first-order chi connectivity index (χ1) is 6.77. The Labute approximate surface area is 82.3 Å². The van der Waals surface area contributed by atoms with Crippen molar-refractivity contribution < 1.29 is 14.6 Å². The van der Waals surface area contributed by atoms with E-state index in [2.05, 4.69) is 0 Å². The minimum Gasteiger partial charge on any atom is -0.508 e. The zero-order chi connectivity index (χ0) is 9.60. The predicted molar refractivity (Wildman–Crippen MR) is 50.6 cm³/mol. The van der Waals surface area contributed by atoms with Gasteiger partial charge in [0.2, 0.25) is 0 Å². The van der Waals surface area contributed by atoms with E-state index in [1.165, 1.54) is 0 Å². The van der Waals surface area contributed by atoms with Crippen molar-refractivity contribution >= 4 is 0 Å². The summed E-state index contributed by atoms with van der Waals surface area (Å²) in [4.78, 5) is 0. The Bertz CT molecular complexity index is 367. The van der Waals surface area contributed by atoms with E-state index in [1.54, 1.807) is 18.2 Å². The maximum Gasteiger partial charge on any atom is 0.251 e. The molecular weight excluding hydrogens is 180 g/mol. The number of benzene rings is 1. The van der Waals surface area contributed by atoms with Crippen LogP contribution in [0.2, 0.25) is 0 Å². The van der Waals surface area contributed by atoms with E-state index >= 15 is 0 Å². The highest BCUT2D eigenvalue weighted by Crippen LogP contribution is 2.47. The number of ether oxygens (including phenoxy) is 2. The maximum atomic E-state index is 9.29. The number of aromatic hydroxyl groups is 1. The number of fused-ring (bicyclic) bond motifs is 1. The van der Waals surface area contributed by atoms with Crippen molar-refractivity contribution in [1.29, 1.82) is 0 Å². The van der Waals surface area contributed by atoms with E-state index in [1.807, 2.05) is 0 Å². The predicted octanol–water partition coefficient (Wildman–Crippen LogP) is 2.43. The van der Waals surface area contributed by atoms with Crippen LogP contribution in [0, 0.1) is 0 Å². The summed E-state index contributed by atoms with van der Waals surface area (Å²) < 4.78 is 11.5. The standard InChI is InChI=1S/C11H12O3/c12-8-3-4-9-10(7-8)14-11(13-9)5-1-2-6-11/h3-4,7,12H,1-2,5-6H2. The number of hydrogen-bond donors (Lipinski definition) is 1. The third-order valence-corrected chi connectivity index (χ3v) is 2.88. The molecule has 0 unspecified atom stereocenters. The Hall–Kier alpha value is -1.38. The lowest BCUT2D eigenvalue weighted by atomic mass is 10.2. The van der Waals surface area contributed by atoms with Crippen LogP contribution < -0.4 is 9.47 Å². The summed E-state index contributed by atoms with van der Waals surface area (Å²) >= 11 is 0. The van der Waals surface area contributed by atoms with Gasteiger partial charge < -0.3 is 14.6 Å². The second-order valence-corrected chi connectivity index (χ2v) is 3.95. The number of hydrogen-bond acceptors (Lipinski definition) is 3. The van der Waals surface area contributed by atoms with E-state index in [0.29, 0.717) is 5.75 Å². The first kappa shape index (κ1) is 7.97. The van der Waals surface area contributed by atoms with Crippen molar-refractivity contribution in [2.75, 3.05) is 0 Å². The quantitative estimate of drug-likeness (QED) is 0.686. The normalized spacial score (nSPS) is 21.7. The fourth-order valence-electron chi connectivity index (χ4n) is 2.20. The second-order valence-electron chi connectivity index (χ2n) is 3.95.